The molecule has 1 aliphatic heterocycles. The summed E-state index contributed by atoms with van der Waals surface area (Å²) in [6.07, 6.45) is 5.42. The van der Waals surface area contributed by atoms with Gasteiger partial charge >= 0.3 is 166 Å². The van der Waals surface area contributed by atoms with E-state index in [1.54, 1.807) is 12.2 Å². The molecule has 0 spiro atoms. The van der Waals surface area contributed by atoms with Crippen LogP contribution < -0.4 is 0 Å². The van der Waals surface area contributed by atoms with Crippen LogP contribution in [0.15, 0.2) is 23.8 Å². The molecule has 0 aromatic carbocycles. The third kappa shape index (κ3) is 1.70. The van der Waals surface area contributed by atoms with Crippen molar-refractivity contribution in [2.45, 2.75) is 69.4 Å². The minimum absolute atomic E-state index is 0.0497. The number of ketones is 1. The number of hydrogen-bond acceptors (Lipinski definition) is 4. The van der Waals surface area contributed by atoms with Gasteiger partial charge in [-0.2, -0.15) is 0 Å². The molecule has 6 heteroatoms. The molecule has 1 heterocycles. The molecule has 145 valence electrons. The molecule has 3 saturated carbocycles. The second-order valence-corrected chi connectivity index (χ2v) is 10.5. The predicted octanol–water partition coefficient (Wildman–Crippen LogP) is 2.19. The second-order valence-electron chi connectivity index (χ2n) is 9.77. The second kappa shape index (κ2) is 4.84. The van der Waals surface area contributed by atoms with Gasteiger partial charge in [-0.1, -0.05) is 0 Å². The number of epoxide rings is 1. The van der Waals surface area contributed by atoms with Crippen molar-refractivity contribution in [2.75, 3.05) is 0 Å². The molecule has 0 bridgehead atoms. The molecule has 0 unspecified atom stereocenters. The molecule has 5 rings (SSSR count). The molecule has 1 N–H and O–H groups in total. The monoisotopic (exact) mass is 439 g/mol. The van der Waals surface area contributed by atoms with Gasteiger partial charge in [0.1, 0.15) is 0 Å². The van der Waals surface area contributed by atoms with Gasteiger partial charge in [0.25, 0.3) is 0 Å². The summed E-state index contributed by atoms with van der Waals surface area (Å²) < 4.78 is 22.7. The normalized spacial score (nSPS) is 57.9. The van der Waals surface area contributed by atoms with Gasteiger partial charge in [0.05, 0.1) is 0 Å². The molecular formula is C21H24FO4Se. The fraction of sp³-hybridized carbons (Fsp3) is 0.714. The summed E-state index contributed by atoms with van der Waals surface area (Å²) in [4.78, 5) is 24.4. The van der Waals surface area contributed by atoms with Crippen LogP contribution in [-0.4, -0.2) is 54.6 Å². The molecule has 0 aromatic rings. The van der Waals surface area contributed by atoms with Gasteiger partial charge in [0.2, 0.25) is 0 Å². The summed E-state index contributed by atoms with van der Waals surface area (Å²) in [5.74, 6) is -0.546. The Kier molecular flexibility index (Phi) is 3.27. The summed E-state index contributed by atoms with van der Waals surface area (Å²) in [5.41, 5.74) is -4.22. The van der Waals surface area contributed by atoms with Gasteiger partial charge in [-0.25, -0.2) is 0 Å². The van der Waals surface area contributed by atoms with E-state index in [4.69, 9.17) is 4.74 Å². The van der Waals surface area contributed by atoms with Gasteiger partial charge in [-0.3, -0.25) is 0 Å². The molecule has 4 nitrogen and oxygen atoms in total. The average Bonchev–Trinajstić information content (AvgIpc) is 3.17. The Bertz CT molecular complexity index is 853. The first-order chi connectivity index (χ1) is 12.5. The zero-order valence-electron chi connectivity index (χ0n) is 15.8. The zero-order valence-corrected chi connectivity index (χ0v) is 17.5. The summed E-state index contributed by atoms with van der Waals surface area (Å²) in [6.45, 7) is 5.73. The number of hydrogen-bond donors (Lipinski definition) is 1. The van der Waals surface area contributed by atoms with Crippen molar-refractivity contribution < 1.29 is 23.8 Å². The Morgan fingerprint density at radius 1 is 1.30 bits per heavy atom. The summed E-state index contributed by atoms with van der Waals surface area (Å²) in [6, 6.07) is 0. The molecule has 4 aliphatic carbocycles. The van der Waals surface area contributed by atoms with E-state index in [1.807, 2.05) is 20.8 Å². The molecule has 8 atom stereocenters. The number of allylic oxidation sites excluding steroid dienone is 4. The van der Waals surface area contributed by atoms with Gasteiger partial charge in [0, 0.05) is 0 Å². The first kappa shape index (κ1) is 18.2. The third-order valence-electron chi connectivity index (χ3n) is 8.81. The standard InChI is InChI=1S/C21H24FO4Se/c1-17-7-6-12(23)8-11(17)4-5-13-14-9-19(3)21(26-19,16(25)27)18(14,2)10-15(24)20(13,17)22/h6-8,13-15,24H,4-5,9-10H2,1-3H3/t13-,14-,15-,17-,18-,19+,20-,21-/m0/s1. The number of fused-ring (bicyclic) bond motifs is 7. The van der Waals surface area contributed by atoms with Gasteiger partial charge < -0.3 is 0 Å². The third-order valence-corrected chi connectivity index (χ3v) is 9.42. The molecule has 4 fully saturated rings. The van der Waals surface area contributed by atoms with E-state index in [-0.39, 0.29) is 28.7 Å². The number of carbonyl (C=O) groups is 2. The SMILES string of the molecule is C[C@@]12C[C@H]3[C@@H]4CCC5=CC(=O)C=C[C@]5(C)[C@@]4(F)[C@@H](O)C[C@]3(C)[C@]1(C(=O)[Se])O2. The molecule has 1 radical (unpaired) electrons. The van der Waals surface area contributed by atoms with Crippen LogP contribution in [0.25, 0.3) is 0 Å². The average molecular weight is 438 g/mol. The summed E-state index contributed by atoms with van der Waals surface area (Å²) >= 11 is 2.60. The molecular weight excluding hydrogens is 414 g/mol. The van der Waals surface area contributed by atoms with Crippen LogP contribution >= 0.6 is 0 Å². The van der Waals surface area contributed by atoms with Crippen molar-refractivity contribution >= 4 is 26.5 Å². The molecule has 0 amide bonds. The van der Waals surface area contributed by atoms with Gasteiger partial charge in [-0.05, 0) is 0 Å². The first-order valence-electron chi connectivity index (χ1n) is 9.69. The molecule has 0 aromatic heterocycles. The van der Waals surface area contributed by atoms with Gasteiger partial charge in [-0.15, -0.1) is 0 Å². The number of ether oxygens (including phenoxy) is 1. The van der Waals surface area contributed by atoms with Crippen LogP contribution in [0.5, 0.6) is 0 Å². The number of halogens is 1. The summed E-state index contributed by atoms with van der Waals surface area (Å²) in [7, 11) is 0. The van der Waals surface area contributed by atoms with Crippen LogP contribution in [0.1, 0.15) is 46.5 Å². The summed E-state index contributed by atoms with van der Waals surface area (Å²) in [5, 5.41) is 11.2. The number of aliphatic hydroxyl groups excluding tert-OH is 1. The first-order valence-corrected chi connectivity index (χ1v) is 10.5. The number of aliphatic hydroxyl groups is 1. The molecule has 1 saturated heterocycles. The van der Waals surface area contributed by atoms with Crippen molar-refractivity contribution in [1.82, 2.24) is 0 Å². The number of alkyl halides is 1. The van der Waals surface area contributed by atoms with Crippen LogP contribution in [0.3, 0.4) is 0 Å². The van der Waals surface area contributed by atoms with Crippen LogP contribution in [0, 0.1) is 22.7 Å². The van der Waals surface area contributed by atoms with Crippen molar-refractivity contribution in [3.05, 3.63) is 23.8 Å². The Hall–Kier alpha value is -0.811. The fourth-order valence-electron chi connectivity index (χ4n) is 7.47. The Labute approximate surface area is 166 Å². The van der Waals surface area contributed by atoms with E-state index < -0.39 is 33.8 Å². The number of carbonyl (C=O) groups excluding carboxylic acids is 2. The minimum atomic E-state index is -1.85. The number of rotatable bonds is 1. The van der Waals surface area contributed by atoms with Crippen LogP contribution in [-0.2, 0) is 14.3 Å². The van der Waals surface area contributed by atoms with Crippen molar-refractivity contribution in [2.24, 2.45) is 22.7 Å². The topological polar surface area (TPSA) is 66.9 Å². The van der Waals surface area contributed by atoms with E-state index in [2.05, 4.69) is 16.0 Å². The Morgan fingerprint density at radius 3 is 2.67 bits per heavy atom. The maximum atomic E-state index is 16.9. The Balaban J connectivity index is 1.64. The maximum absolute atomic E-state index is 16.9. The van der Waals surface area contributed by atoms with Crippen LogP contribution in [0.2, 0.25) is 0 Å². The van der Waals surface area contributed by atoms with Crippen LogP contribution in [0.4, 0.5) is 4.39 Å². The molecule has 5 aliphatic rings. The zero-order chi connectivity index (χ0) is 19.6. The predicted molar refractivity (Wildman–Crippen MR) is 96.7 cm³/mol. The van der Waals surface area contributed by atoms with Crippen molar-refractivity contribution in [1.29, 1.82) is 0 Å². The van der Waals surface area contributed by atoms with Crippen molar-refractivity contribution in [3.63, 3.8) is 0 Å². The quantitative estimate of drug-likeness (QED) is 0.504. The van der Waals surface area contributed by atoms with E-state index in [0.717, 1.165) is 5.57 Å². The van der Waals surface area contributed by atoms with E-state index in [1.165, 1.54) is 6.08 Å². The van der Waals surface area contributed by atoms with E-state index in [0.29, 0.717) is 19.3 Å². The van der Waals surface area contributed by atoms with E-state index in [9.17, 15) is 14.7 Å². The van der Waals surface area contributed by atoms with E-state index >= 15 is 4.39 Å². The van der Waals surface area contributed by atoms with Gasteiger partial charge in [0.15, 0.2) is 0 Å². The fourth-order valence-corrected chi connectivity index (χ4v) is 8.50. The van der Waals surface area contributed by atoms with Crippen molar-refractivity contribution in [3.8, 4) is 0 Å². The Morgan fingerprint density at radius 2 is 2.00 bits per heavy atom. The molecule has 27 heavy (non-hydrogen) atoms.